The van der Waals surface area contributed by atoms with E-state index in [1.165, 1.54) is 37.7 Å². The molecule has 0 heterocycles. The van der Waals surface area contributed by atoms with Crippen molar-refractivity contribution in [1.29, 1.82) is 0 Å². The summed E-state index contributed by atoms with van der Waals surface area (Å²) in [6, 6.07) is 8.81. The highest BCUT2D eigenvalue weighted by molar-refractivity contribution is 5.39. The van der Waals surface area contributed by atoms with E-state index in [9.17, 15) is 5.11 Å². The Morgan fingerprint density at radius 1 is 1.22 bits per heavy atom. The number of hydrogen-bond donors (Lipinski definition) is 1. The van der Waals surface area contributed by atoms with E-state index < -0.39 is 0 Å². The van der Waals surface area contributed by atoms with Crippen molar-refractivity contribution in [2.45, 2.75) is 57.5 Å². The summed E-state index contributed by atoms with van der Waals surface area (Å²) in [7, 11) is 0. The molecule has 0 saturated heterocycles. The Hall–Kier alpha value is -0.820. The van der Waals surface area contributed by atoms with E-state index in [4.69, 9.17) is 0 Å². The van der Waals surface area contributed by atoms with Crippen LogP contribution in [-0.2, 0) is 6.42 Å². The first-order valence-corrected chi connectivity index (χ1v) is 7.53. The number of hydrogen-bond acceptors (Lipinski definition) is 1. The van der Waals surface area contributed by atoms with Crippen LogP contribution in [0.2, 0.25) is 0 Å². The van der Waals surface area contributed by atoms with Crippen LogP contribution in [0.1, 0.15) is 56.1 Å². The van der Waals surface area contributed by atoms with E-state index in [0.717, 1.165) is 18.3 Å². The van der Waals surface area contributed by atoms with Gasteiger partial charge in [-0.3, -0.25) is 0 Å². The van der Waals surface area contributed by atoms with Crippen molar-refractivity contribution in [3.8, 4) is 0 Å². The number of benzene rings is 1. The molecule has 1 fully saturated rings. The van der Waals surface area contributed by atoms with Gasteiger partial charge in [-0.1, -0.05) is 37.6 Å². The van der Waals surface area contributed by atoms with E-state index in [0.29, 0.717) is 5.92 Å². The monoisotopic (exact) mass is 244 g/mol. The van der Waals surface area contributed by atoms with Crippen molar-refractivity contribution in [2.24, 2.45) is 11.8 Å². The number of aliphatic hydroxyl groups is 1. The van der Waals surface area contributed by atoms with Gasteiger partial charge in [0.2, 0.25) is 0 Å². The molecule has 0 radical (unpaired) electrons. The lowest BCUT2D eigenvalue weighted by atomic mass is 9.68. The summed E-state index contributed by atoms with van der Waals surface area (Å²) in [5.74, 6) is 2.12. The number of rotatable bonds is 3. The predicted octanol–water partition coefficient (Wildman–Crippen LogP) is 3.90. The SMILES string of the molecule is CCC1CCC(O)C(CC2Cc3ccccc32)C1. The van der Waals surface area contributed by atoms with E-state index in [1.54, 1.807) is 5.56 Å². The van der Waals surface area contributed by atoms with Gasteiger partial charge in [-0.2, -0.15) is 0 Å². The van der Waals surface area contributed by atoms with Crippen LogP contribution in [0.4, 0.5) is 0 Å². The molecular formula is C17H24O. The fourth-order valence-electron chi connectivity index (χ4n) is 3.91. The van der Waals surface area contributed by atoms with E-state index in [-0.39, 0.29) is 6.10 Å². The van der Waals surface area contributed by atoms with Crippen molar-refractivity contribution in [3.63, 3.8) is 0 Å². The highest BCUT2D eigenvalue weighted by Crippen LogP contribution is 2.43. The van der Waals surface area contributed by atoms with Crippen LogP contribution in [0, 0.1) is 11.8 Å². The molecule has 1 saturated carbocycles. The zero-order valence-corrected chi connectivity index (χ0v) is 11.3. The summed E-state index contributed by atoms with van der Waals surface area (Å²) in [6.45, 7) is 2.29. The number of fused-ring (bicyclic) bond motifs is 1. The Kier molecular flexibility index (Phi) is 3.43. The highest BCUT2D eigenvalue weighted by atomic mass is 16.3. The van der Waals surface area contributed by atoms with Gasteiger partial charge < -0.3 is 5.11 Å². The lowest BCUT2D eigenvalue weighted by Crippen LogP contribution is -2.32. The Morgan fingerprint density at radius 2 is 2.06 bits per heavy atom. The molecule has 98 valence electrons. The van der Waals surface area contributed by atoms with Crippen molar-refractivity contribution in [2.75, 3.05) is 0 Å². The average molecular weight is 244 g/mol. The minimum absolute atomic E-state index is 0.0411. The second-order valence-corrected chi connectivity index (χ2v) is 6.25. The lowest BCUT2D eigenvalue weighted by molar-refractivity contribution is 0.0382. The first-order chi connectivity index (χ1) is 8.78. The molecule has 1 N–H and O–H groups in total. The zero-order chi connectivity index (χ0) is 12.5. The van der Waals surface area contributed by atoms with Crippen molar-refractivity contribution in [3.05, 3.63) is 35.4 Å². The lowest BCUT2D eigenvalue weighted by Gasteiger charge is -2.38. The average Bonchev–Trinajstić information content (AvgIpc) is 2.38. The summed E-state index contributed by atoms with van der Waals surface area (Å²) in [6.07, 6.45) is 7.18. The molecule has 0 amide bonds. The molecule has 1 aromatic rings. The normalized spacial score (nSPS) is 34.8. The highest BCUT2D eigenvalue weighted by Gasteiger charge is 2.34. The third-order valence-corrected chi connectivity index (χ3v) is 5.18. The first-order valence-electron chi connectivity index (χ1n) is 7.53. The molecule has 1 nitrogen and oxygen atoms in total. The molecule has 3 rings (SSSR count). The maximum Gasteiger partial charge on any atom is 0.0568 e. The van der Waals surface area contributed by atoms with Crippen molar-refractivity contribution in [1.82, 2.24) is 0 Å². The van der Waals surface area contributed by atoms with Crippen LogP contribution in [0.3, 0.4) is 0 Å². The fraction of sp³-hybridized carbons (Fsp3) is 0.647. The minimum Gasteiger partial charge on any atom is -0.393 e. The van der Waals surface area contributed by atoms with Gasteiger partial charge in [0, 0.05) is 0 Å². The van der Waals surface area contributed by atoms with E-state index in [2.05, 4.69) is 31.2 Å². The fourth-order valence-corrected chi connectivity index (χ4v) is 3.91. The van der Waals surface area contributed by atoms with Crippen molar-refractivity contribution >= 4 is 0 Å². The number of aliphatic hydroxyl groups excluding tert-OH is 1. The summed E-state index contributed by atoms with van der Waals surface area (Å²) < 4.78 is 0. The minimum atomic E-state index is -0.0411. The molecule has 18 heavy (non-hydrogen) atoms. The van der Waals surface area contributed by atoms with Crippen molar-refractivity contribution < 1.29 is 5.11 Å². The van der Waals surface area contributed by atoms with Gasteiger partial charge in [-0.25, -0.2) is 0 Å². The Labute approximate surface area is 110 Å². The third kappa shape index (κ3) is 2.21. The molecule has 0 bridgehead atoms. The van der Waals surface area contributed by atoms with Gasteiger partial charge in [0.25, 0.3) is 0 Å². The van der Waals surface area contributed by atoms with Crippen LogP contribution < -0.4 is 0 Å². The Balaban J connectivity index is 1.63. The van der Waals surface area contributed by atoms with Gasteiger partial charge in [-0.05, 0) is 61.0 Å². The molecule has 4 atom stereocenters. The molecular weight excluding hydrogens is 220 g/mol. The van der Waals surface area contributed by atoms with Gasteiger partial charge >= 0.3 is 0 Å². The van der Waals surface area contributed by atoms with Crippen LogP contribution in [0.25, 0.3) is 0 Å². The molecule has 0 aromatic heterocycles. The maximum absolute atomic E-state index is 10.2. The second kappa shape index (κ2) is 5.05. The topological polar surface area (TPSA) is 20.2 Å². The van der Waals surface area contributed by atoms with Gasteiger partial charge in [0.15, 0.2) is 0 Å². The molecule has 2 aliphatic rings. The smallest absolute Gasteiger partial charge is 0.0568 e. The standard InChI is InChI=1S/C17H24O/c1-2-12-7-8-17(18)15(9-12)11-14-10-13-5-3-4-6-16(13)14/h3-6,12,14-15,17-18H,2,7-11H2,1H3. The summed E-state index contributed by atoms with van der Waals surface area (Å²) in [5, 5.41) is 10.2. The molecule has 1 heteroatoms. The van der Waals surface area contributed by atoms with Crippen LogP contribution in [-0.4, -0.2) is 11.2 Å². The van der Waals surface area contributed by atoms with E-state index >= 15 is 0 Å². The largest absolute Gasteiger partial charge is 0.393 e. The summed E-state index contributed by atoms with van der Waals surface area (Å²) >= 11 is 0. The molecule has 0 aliphatic heterocycles. The first kappa shape index (κ1) is 12.2. The molecule has 0 spiro atoms. The summed E-state index contributed by atoms with van der Waals surface area (Å²) in [4.78, 5) is 0. The molecule has 1 aromatic carbocycles. The Morgan fingerprint density at radius 3 is 2.83 bits per heavy atom. The quantitative estimate of drug-likeness (QED) is 0.855. The van der Waals surface area contributed by atoms with Crippen LogP contribution in [0.5, 0.6) is 0 Å². The Bertz CT molecular complexity index is 412. The van der Waals surface area contributed by atoms with Gasteiger partial charge in [-0.15, -0.1) is 0 Å². The molecule has 2 aliphatic carbocycles. The van der Waals surface area contributed by atoms with Gasteiger partial charge in [0.05, 0.1) is 6.10 Å². The van der Waals surface area contributed by atoms with Crippen LogP contribution in [0.15, 0.2) is 24.3 Å². The predicted molar refractivity (Wildman–Crippen MR) is 74.6 cm³/mol. The maximum atomic E-state index is 10.2. The zero-order valence-electron chi connectivity index (χ0n) is 11.3. The summed E-state index contributed by atoms with van der Waals surface area (Å²) in [5.41, 5.74) is 3.07. The van der Waals surface area contributed by atoms with E-state index in [1.807, 2.05) is 0 Å². The molecule has 4 unspecified atom stereocenters. The van der Waals surface area contributed by atoms with Gasteiger partial charge in [0.1, 0.15) is 0 Å². The van der Waals surface area contributed by atoms with Crippen LogP contribution >= 0.6 is 0 Å². The third-order valence-electron chi connectivity index (χ3n) is 5.18. The second-order valence-electron chi connectivity index (χ2n) is 6.25.